The number of carbonyl (C=O) groups excluding carboxylic acids is 1. The minimum atomic E-state index is -0.378. The van der Waals surface area contributed by atoms with Gasteiger partial charge in [0.25, 0.3) is 0 Å². The van der Waals surface area contributed by atoms with Gasteiger partial charge in [0.2, 0.25) is 5.91 Å². The highest BCUT2D eigenvalue weighted by Crippen LogP contribution is 2.26. The molecule has 0 radical (unpaired) electrons. The summed E-state index contributed by atoms with van der Waals surface area (Å²) in [5, 5.41) is 17.7. The van der Waals surface area contributed by atoms with Gasteiger partial charge in [-0.05, 0) is 52.8 Å². The van der Waals surface area contributed by atoms with Crippen molar-refractivity contribution in [3.63, 3.8) is 0 Å². The molecule has 0 atom stereocenters. The number of phenols is 1. The monoisotopic (exact) mass is 382 g/mol. The summed E-state index contributed by atoms with van der Waals surface area (Å²) in [6.07, 6.45) is 3.14. The molecule has 0 unspecified atom stereocenters. The van der Waals surface area contributed by atoms with E-state index in [1.54, 1.807) is 12.1 Å². The standard InChI is InChI=1S/C20H15ClN2O2S/c21-15-9-10-18(24)17(12-15)22-20(26)23-19(25)11-8-14-6-3-5-13-4-1-2-7-16(13)14/h1-12,24H,(H2,22,23,25,26)/b11-8+. The number of nitrogens with one attached hydrogen (secondary N) is 2. The topological polar surface area (TPSA) is 61.4 Å². The van der Waals surface area contributed by atoms with Gasteiger partial charge >= 0.3 is 0 Å². The van der Waals surface area contributed by atoms with Crippen molar-refractivity contribution in [1.29, 1.82) is 0 Å². The summed E-state index contributed by atoms with van der Waals surface area (Å²) in [6.45, 7) is 0. The molecule has 3 aromatic rings. The van der Waals surface area contributed by atoms with Crippen LogP contribution in [-0.2, 0) is 4.79 Å². The minimum absolute atomic E-state index is 0.0164. The molecule has 0 aliphatic rings. The summed E-state index contributed by atoms with van der Waals surface area (Å²) in [5.41, 5.74) is 1.26. The number of carbonyl (C=O) groups is 1. The van der Waals surface area contributed by atoms with Crippen molar-refractivity contribution in [2.45, 2.75) is 0 Å². The van der Waals surface area contributed by atoms with Gasteiger partial charge in [-0.2, -0.15) is 0 Å². The average Bonchev–Trinajstić information content (AvgIpc) is 2.63. The summed E-state index contributed by atoms with van der Waals surface area (Å²) in [6, 6.07) is 18.3. The number of halogens is 1. The number of aromatic hydroxyl groups is 1. The van der Waals surface area contributed by atoms with Gasteiger partial charge in [0.1, 0.15) is 5.75 Å². The van der Waals surface area contributed by atoms with Gasteiger partial charge in [-0.25, -0.2) is 0 Å². The van der Waals surface area contributed by atoms with Crippen LogP contribution in [0.1, 0.15) is 5.56 Å². The van der Waals surface area contributed by atoms with E-state index in [0.29, 0.717) is 10.7 Å². The van der Waals surface area contributed by atoms with E-state index in [1.807, 2.05) is 42.5 Å². The number of phenolic OH excluding ortho intramolecular Hbond substituents is 1. The molecule has 0 aliphatic carbocycles. The van der Waals surface area contributed by atoms with Gasteiger partial charge in [0, 0.05) is 11.1 Å². The van der Waals surface area contributed by atoms with Gasteiger partial charge in [0.15, 0.2) is 5.11 Å². The van der Waals surface area contributed by atoms with E-state index in [-0.39, 0.29) is 16.8 Å². The number of hydrogen-bond acceptors (Lipinski definition) is 3. The Labute approximate surface area is 161 Å². The van der Waals surface area contributed by atoms with Crippen LogP contribution in [0, 0.1) is 0 Å². The number of thiocarbonyl (C=S) groups is 1. The molecule has 6 heteroatoms. The maximum Gasteiger partial charge on any atom is 0.250 e. The summed E-state index contributed by atoms with van der Waals surface area (Å²) >= 11 is 11.0. The summed E-state index contributed by atoms with van der Waals surface area (Å²) in [5.74, 6) is -0.394. The predicted octanol–water partition coefficient (Wildman–Crippen LogP) is 4.73. The molecule has 3 N–H and O–H groups in total. The quantitative estimate of drug-likeness (QED) is 0.348. The highest BCUT2D eigenvalue weighted by molar-refractivity contribution is 7.80. The highest BCUT2D eigenvalue weighted by Gasteiger charge is 2.06. The summed E-state index contributed by atoms with van der Waals surface area (Å²) < 4.78 is 0. The summed E-state index contributed by atoms with van der Waals surface area (Å²) in [7, 11) is 0. The Bertz CT molecular complexity index is 1010. The number of amides is 1. The molecular weight excluding hydrogens is 368 g/mol. The van der Waals surface area contributed by atoms with Crippen molar-refractivity contribution in [3.05, 3.63) is 77.3 Å². The van der Waals surface area contributed by atoms with Crippen LogP contribution >= 0.6 is 23.8 Å². The molecule has 3 rings (SSSR count). The second-order valence-corrected chi connectivity index (χ2v) is 6.35. The van der Waals surface area contributed by atoms with Gasteiger partial charge in [-0.3, -0.25) is 10.1 Å². The lowest BCUT2D eigenvalue weighted by atomic mass is 10.0. The van der Waals surface area contributed by atoms with Crippen molar-refractivity contribution in [1.82, 2.24) is 5.32 Å². The van der Waals surface area contributed by atoms with Crippen LogP contribution in [0.2, 0.25) is 5.02 Å². The number of hydrogen-bond donors (Lipinski definition) is 3. The first-order chi connectivity index (χ1) is 12.5. The highest BCUT2D eigenvalue weighted by atomic mass is 35.5. The molecule has 0 heterocycles. The molecule has 0 aromatic heterocycles. The Morgan fingerprint density at radius 3 is 2.69 bits per heavy atom. The van der Waals surface area contributed by atoms with E-state index >= 15 is 0 Å². The van der Waals surface area contributed by atoms with Crippen molar-refractivity contribution in [2.24, 2.45) is 0 Å². The first-order valence-electron chi connectivity index (χ1n) is 7.79. The maximum absolute atomic E-state index is 12.1. The Kier molecular flexibility index (Phi) is 5.51. The molecule has 0 saturated heterocycles. The average molecular weight is 383 g/mol. The molecule has 0 spiro atoms. The van der Waals surface area contributed by atoms with E-state index < -0.39 is 0 Å². The lowest BCUT2D eigenvalue weighted by Crippen LogP contribution is -2.32. The van der Waals surface area contributed by atoms with Crippen LogP contribution in [-0.4, -0.2) is 16.1 Å². The van der Waals surface area contributed by atoms with E-state index in [0.717, 1.165) is 16.3 Å². The van der Waals surface area contributed by atoms with E-state index in [9.17, 15) is 9.90 Å². The van der Waals surface area contributed by atoms with Crippen LogP contribution in [0.5, 0.6) is 5.75 Å². The zero-order valence-electron chi connectivity index (χ0n) is 13.6. The first kappa shape index (κ1) is 17.9. The molecule has 130 valence electrons. The summed E-state index contributed by atoms with van der Waals surface area (Å²) in [4.78, 5) is 12.1. The van der Waals surface area contributed by atoms with Crippen LogP contribution in [0.3, 0.4) is 0 Å². The van der Waals surface area contributed by atoms with E-state index in [4.69, 9.17) is 23.8 Å². The van der Waals surface area contributed by atoms with Gasteiger partial charge in [0.05, 0.1) is 5.69 Å². The van der Waals surface area contributed by atoms with Gasteiger partial charge in [-0.1, -0.05) is 54.1 Å². The first-order valence-corrected chi connectivity index (χ1v) is 8.58. The van der Waals surface area contributed by atoms with Crippen LogP contribution in [0.15, 0.2) is 66.7 Å². The number of rotatable bonds is 3. The fourth-order valence-electron chi connectivity index (χ4n) is 2.48. The third-order valence-corrected chi connectivity index (χ3v) is 4.12. The second-order valence-electron chi connectivity index (χ2n) is 5.51. The predicted molar refractivity (Wildman–Crippen MR) is 110 cm³/mol. The maximum atomic E-state index is 12.1. The fraction of sp³-hybridized carbons (Fsp3) is 0. The van der Waals surface area contributed by atoms with Crippen molar-refractivity contribution >= 4 is 57.4 Å². The lowest BCUT2D eigenvalue weighted by Gasteiger charge is -2.10. The largest absolute Gasteiger partial charge is 0.506 e. The van der Waals surface area contributed by atoms with Crippen LogP contribution in [0.4, 0.5) is 5.69 Å². The molecule has 0 aliphatic heterocycles. The minimum Gasteiger partial charge on any atom is -0.506 e. The number of benzene rings is 3. The molecule has 0 fully saturated rings. The van der Waals surface area contributed by atoms with Crippen LogP contribution in [0.25, 0.3) is 16.8 Å². The number of fused-ring (bicyclic) bond motifs is 1. The lowest BCUT2D eigenvalue weighted by molar-refractivity contribution is -0.115. The SMILES string of the molecule is O=C(/C=C/c1cccc2ccccc12)NC(=S)Nc1cc(Cl)ccc1O. The molecule has 3 aromatic carbocycles. The van der Waals surface area contributed by atoms with E-state index in [1.165, 1.54) is 18.2 Å². The molecular formula is C20H15ClN2O2S. The third kappa shape index (κ3) is 4.39. The zero-order chi connectivity index (χ0) is 18.5. The second kappa shape index (κ2) is 7.99. The Balaban J connectivity index is 1.67. The molecule has 4 nitrogen and oxygen atoms in total. The van der Waals surface area contributed by atoms with Crippen molar-refractivity contribution in [3.8, 4) is 5.75 Å². The van der Waals surface area contributed by atoms with E-state index in [2.05, 4.69) is 10.6 Å². The van der Waals surface area contributed by atoms with Gasteiger partial charge < -0.3 is 10.4 Å². The molecule has 1 amide bonds. The van der Waals surface area contributed by atoms with Gasteiger partial charge in [-0.15, -0.1) is 0 Å². The molecule has 26 heavy (non-hydrogen) atoms. The Morgan fingerprint density at radius 2 is 1.85 bits per heavy atom. The van der Waals surface area contributed by atoms with Crippen molar-refractivity contribution < 1.29 is 9.90 Å². The van der Waals surface area contributed by atoms with Crippen molar-refractivity contribution in [2.75, 3.05) is 5.32 Å². The normalized spacial score (nSPS) is 10.8. The smallest absolute Gasteiger partial charge is 0.250 e. The Morgan fingerprint density at radius 1 is 1.08 bits per heavy atom. The van der Waals surface area contributed by atoms with Crippen LogP contribution < -0.4 is 10.6 Å². The zero-order valence-corrected chi connectivity index (χ0v) is 15.1. The number of anilines is 1. The third-order valence-electron chi connectivity index (χ3n) is 3.68. The molecule has 0 bridgehead atoms. The Hall–Kier alpha value is -2.89. The molecule has 0 saturated carbocycles. The fourth-order valence-corrected chi connectivity index (χ4v) is 2.86.